The molecule has 3 heterocycles. The molecule has 0 unspecified atom stereocenters. The molecule has 3 fully saturated rings. The van der Waals surface area contributed by atoms with Gasteiger partial charge in [0.15, 0.2) is 0 Å². The lowest BCUT2D eigenvalue weighted by atomic mass is 10.0. The average molecular weight is 346 g/mol. The summed E-state index contributed by atoms with van der Waals surface area (Å²) >= 11 is 0. The standard InChI is InChI=1S/C16H31N3O3S/c1-15-5-2-8-19(13-15)23(20,21)18-9-4-7-17(10-11-18)14-16-6-3-12-22-16/h15-16H,2-14H2,1H3/t15-,16-/m0/s1. The van der Waals surface area contributed by atoms with Crippen LogP contribution in [0, 0.1) is 5.92 Å². The van der Waals surface area contributed by atoms with E-state index in [2.05, 4.69) is 11.8 Å². The van der Waals surface area contributed by atoms with Crippen LogP contribution in [0.3, 0.4) is 0 Å². The highest BCUT2D eigenvalue weighted by Gasteiger charge is 2.33. The Balaban J connectivity index is 1.55. The predicted octanol–water partition coefficient (Wildman–Crippen LogP) is 1.15. The molecule has 0 N–H and O–H groups in total. The molecule has 3 saturated heterocycles. The van der Waals surface area contributed by atoms with E-state index in [0.717, 1.165) is 58.3 Å². The summed E-state index contributed by atoms with van der Waals surface area (Å²) in [5, 5.41) is 0. The van der Waals surface area contributed by atoms with E-state index in [1.54, 1.807) is 8.61 Å². The van der Waals surface area contributed by atoms with Crippen LogP contribution in [-0.4, -0.2) is 80.5 Å². The van der Waals surface area contributed by atoms with E-state index in [1.165, 1.54) is 0 Å². The van der Waals surface area contributed by atoms with Gasteiger partial charge < -0.3 is 4.74 Å². The minimum Gasteiger partial charge on any atom is -0.377 e. The van der Waals surface area contributed by atoms with Crippen molar-refractivity contribution < 1.29 is 13.2 Å². The first kappa shape index (κ1) is 17.6. The zero-order valence-corrected chi connectivity index (χ0v) is 15.1. The van der Waals surface area contributed by atoms with Gasteiger partial charge in [-0.05, 0) is 44.6 Å². The molecule has 6 nitrogen and oxygen atoms in total. The molecule has 0 bridgehead atoms. The quantitative estimate of drug-likeness (QED) is 0.767. The molecule has 0 spiro atoms. The van der Waals surface area contributed by atoms with E-state index in [4.69, 9.17) is 4.74 Å². The van der Waals surface area contributed by atoms with Crippen LogP contribution < -0.4 is 0 Å². The van der Waals surface area contributed by atoms with Crippen LogP contribution in [0.15, 0.2) is 0 Å². The molecular formula is C16H31N3O3S. The zero-order chi connectivity index (χ0) is 16.3. The summed E-state index contributed by atoms with van der Waals surface area (Å²) in [4.78, 5) is 2.38. The van der Waals surface area contributed by atoms with Crippen molar-refractivity contribution in [2.24, 2.45) is 5.92 Å². The molecule has 0 aliphatic carbocycles. The van der Waals surface area contributed by atoms with Crippen LogP contribution in [0.1, 0.15) is 39.0 Å². The maximum atomic E-state index is 12.9. The van der Waals surface area contributed by atoms with Gasteiger partial charge in [-0.2, -0.15) is 17.0 Å². The summed E-state index contributed by atoms with van der Waals surface area (Å²) in [5.41, 5.74) is 0. The lowest BCUT2D eigenvalue weighted by Gasteiger charge is -2.34. The molecule has 134 valence electrons. The van der Waals surface area contributed by atoms with Crippen molar-refractivity contribution in [1.29, 1.82) is 0 Å². The number of hydrogen-bond acceptors (Lipinski definition) is 4. The lowest BCUT2D eigenvalue weighted by Crippen LogP contribution is -2.48. The second-order valence-electron chi connectivity index (χ2n) is 7.30. The Hall–Kier alpha value is -0.210. The van der Waals surface area contributed by atoms with Gasteiger partial charge in [0.1, 0.15) is 0 Å². The summed E-state index contributed by atoms with van der Waals surface area (Å²) in [7, 11) is -3.28. The van der Waals surface area contributed by atoms with E-state index >= 15 is 0 Å². The van der Waals surface area contributed by atoms with E-state index < -0.39 is 10.2 Å². The fraction of sp³-hybridized carbons (Fsp3) is 1.00. The number of hydrogen-bond donors (Lipinski definition) is 0. The smallest absolute Gasteiger partial charge is 0.282 e. The van der Waals surface area contributed by atoms with Crippen LogP contribution in [0.4, 0.5) is 0 Å². The Morgan fingerprint density at radius 2 is 1.78 bits per heavy atom. The molecule has 0 aromatic rings. The topological polar surface area (TPSA) is 53.1 Å². The third-order valence-corrected chi connectivity index (χ3v) is 7.31. The van der Waals surface area contributed by atoms with Gasteiger partial charge in [-0.25, -0.2) is 0 Å². The van der Waals surface area contributed by atoms with Gasteiger partial charge in [-0.1, -0.05) is 6.92 Å². The van der Waals surface area contributed by atoms with Crippen LogP contribution in [0.2, 0.25) is 0 Å². The molecule has 3 aliphatic rings. The monoisotopic (exact) mass is 345 g/mol. The summed E-state index contributed by atoms with van der Waals surface area (Å²) < 4.78 is 34.9. The molecule has 0 aromatic heterocycles. The van der Waals surface area contributed by atoms with Crippen molar-refractivity contribution in [3.63, 3.8) is 0 Å². The van der Waals surface area contributed by atoms with E-state index in [1.807, 2.05) is 0 Å². The highest BCUT2D eigenvalue weighted by atomic mass is 32.2. The number of ether oxygens (including phenoxy) is 1. The summed E-state index contributed by atoms with van der Waals surface area (Å²) in [6.07, 6.45) is 5.69. The Morgan fingerprint density at radius 3 is 2.52 bits per heavy atom. The third-order valence-electron chi connectivity index (χ3n) is 5.31. The Morgan fingerprint density at radius 1 is 0.957 bits per heavy atom. The summed E-state index contributed by atoms with van der Waals surface area (Å²) in [6, 6.07) is 0. The largest absolute Gasteiger partial charge is 0.377 e. The van der Waals surface area contributed by atoms with Crippen molar-refractivity contribution in [3.8, 4) is 0 Å². The molecule has 23 heavy (non-hydrogen) atoms. The van der Waals surface area contributed by atoms with Crippen molar-refractivity contribution >= 4 is 10.2 Å². The van der Waals surface area contributed by atoms with Crippen LogP contribution in [0.5, 0.6) is 0 Å². The van der Waals surface area contributed by atoms with Gasteiger partial charge in [0, 0.05) is 45.9 Å². The number of nitrogens with zero attached hydrogens (tertiary/aromatic N) is 3. The first-order valence-corrected chi connectivity index (χ1v) is 10.5. The average Bonchev–Trinajstić information content (AvgIpc) is 2.91. The van der Waals surface area contributed by atoms with E-state index in [9.17, 15) is 8.42 Å². The zero-order valence-electron chi connectivity index (χ0n) is 14.3. The van der Waals surface area contributed by atoms with Gasteiger partial charge in [-0.3, -0.25) is 4.90 Å². The van der Waals surface area contributed by atoms with Crippen molar-refractivity contribution in [2.45, 2.75) is 45.1 Å². The fourth-order valence-electron chi connectivity index (χ4n) is 3.96. The molecular weight excluding hydrogens is 314 g/mol. The first-order chi connectivity index (χ1) is 11.1. The molecule has 0 saturated carbocycles. The van der Waals surface area contributed by atoms with Crippen LogP contribution in [-0.2, 0) is 14.9 Å². The SMILES string of the molecule is C[C@H]1CCCN(S(=O)(=O)N2CCCN(C[C@@H]3CCCO3)CC2)C1. The van der Waals surface area contributed by atoms with Gasteiger partial charge in [0.2, 0.25) is 0 Å². The van der Waals surface area contributed by atoms with Crippen molar-refractivity contribution in [1.82, 2.24) is 13.5 Å². The van der Waals surface area contributed by atoms with Gasteiger partial charge in [-0.15, -0.1) is 0 Å². The second kappa shape index (κ2) is 7.78. The Bertz CT molecular complexity index is 479. The van der Waals surface area contributed by atoms with Crippen molar-refractivity contribution in [2.75, 3.05) is 52.4 Å². The minimum absolute atomic E-state index is 0.348. The number of piperidine rings is 1. The highest BCUT2D eigenvalue weighted by Crippen LogP contribution is 2.22. The van der Waals surface area contributed by atoms with Crippen molar-refractivity contribution in [3.05, 3.63) is 0 Å². The molecule has 0 aromatic carbocycles. The van der Waals surface area contributed by atoms with Crippen LogP contribution >= 0.6 is 0 Å². The molecule has 3 rings (SSSR count). The maximum Gasteiger partial charge on any atom is 0.282 e. The van der Waals surface area contributed by atoms with E-state index in [-0.39, 0.29) is 0 Å². The molecule has 0 amide bonds. The fourth-order valence-corrected chi connectivity index (χ4v) is 5.76. The highest BCUT2D eigenvalue weighted by molar-refractivity contribution is 7.86. The number of rotatable bonds is 4. The normalized spacial score (nSPS) is 32.9. The summed E-state index contributed by atoms with van der Waals surface area (Å²) in [6.45, 7) is 8.40. The predicted molar refractivity (Wildman–Crippen MR) is 90.5 cm³/mol. The minimum atomic E-state index is -3.28. The second-order valence-corrected chi connectivity index (χ2v) is 9.23. The van der Waals surface area contributed by atoms with Gasteiger partial charge >= 0.3 is 0 Å². The van der Waals surface area contributed by atoms with Gasteiger partial charge in [0.25, 0.3) is 10.2 Å². The Kier molecular flexibility index (Phi) is 5.96. The third kappa shape index (κ3) is 4.45. The molecule has 0 radical (unpaired) electrons. The lowest BCUT2D eigenvalue weighted by molar-refractivity contribution is 0.0749. The molecule has 2 atom stereocenters. The first-order valence-electron chi connectivity index (χ1n) is 9.15. The molecule has 7 heteroatoms. The van der Waals surface area contributed by atoms with Gasteiger partial charge in [0.05, 0.1) is 6.10 Å². The maximum absolute atomic E-state index is 12.9. The van der Waals surface area contributed by atoms with E-state index in [0.29, 0.717) is 38.2 Å². The Labute approximate surface area is 140 Å². The van der Waals surface area contributed by atoms with Crippen LogP contribution in [0.25, 0.3) is 0 Å². The summed E-state index contributed by atoms with van der Waals surface area (Å²) in [5.74, 6) is 0.474. The molecule has 3 aliphatic heterocycles.